The summed E-state index contributed by atoms with van der Waals surface area (Å²) in [5.41, 5.74) is 3.70. The Hall–Kier alpha value is -2.10. The Balaban J connectivity index is 1.81. The van der Waals surface area contributed by atoms with Crippen LogP contribution in [0.15, 0.2) is 30.6 Å². The van der Waals surface area contributed by atoms with Gasteiger partial charge in [-0.3, -0.25) is 0 Å². The molecular weight excluding hydrogens is 336 g/mol. The number of aromatic nitrogens is 2. The Labute approximate surface area is 163 Å². The van der Waals surface area contributed by atoms with Gasteiger partial charge < -0.3 is 4.74 Å². The van der Waals surface area contributed by atoms with Crippen LogP contribution in [0.5, 0.6) is 0 Å². The molecule has 0 aliphatic heterocycles. The molecule has 146 valence electrons. The van der Waals surface area contributed by atoms with Crippen molar-refractivity contribution in [1.29, 1.82) is 0 Å². The van der Waals surface area contributed by atoms with Crippen LogP contribution < -0.4 is 0 Å². The summed E-state index contributed by atoms with van der Waals surface area (Å²) in [6.07, 6.45) is 7.62. The Bertz CT molecular complexity index is 793. The van der Waals surface area contributed by atoms with Crippen molar-refractivity contribution in [2.45, 2.75) is 72.3 Å². The monoisotopic (exact) mass is 368 g/mol. The van der Waals surface area contributed by atoms with Crippen molar-refractivity contribution >= 4 is 6.09 Å². The molecule has 0 N–H and O–H groups in total. The normalized spacial score (nSPS) is 21.3. The summed E-state index contributed by atoms with van der Waals surface area (Å²) in [5.74, 6) is 1.75. The number of benzene rings is 1. The Morgan fingerprint density at radius 3 is 2.67 bits per heavy atom. The summed E-state index contributed by atoms with van der Waals surface area (Å²) in [5, 5.41) is 0. The van der Waals surface area contributed by atoms with Crippen LogP contribution in [0.1, 0.15) is 74.9 Å². The zero-order chi connectivity index (χ0) is 19.6. The zero-order valence-corrected chi connectivity index (χ0v) is 17.2. The predicted molar refractivity (Wildman–Crippen MR) is 108 cm³/mol. The first-order valence-electron chi connectivity index (χ1n) is 10.2. The minimum absolute atomic E-state index is 0.0116. The summed E-state index contributed by atoms with van der Waals surface area (Å²) in [6.45, 7) is 10.8. The average molecular weight is 369 g/mol. The number of imidazole rings is 1. The first kappa shape index (κ1) is 19.7. The molecule has 0 radical (unpaired) electrons. The molecule has 1 aromatic carbocycles. The minimum Gasteiger partial charge on any atom is -0.445 e. The minimum atomic E-state index is -0.294. The van der Waals surface area contributed by atoms with Crippen molar-refractivity contribution in [3.63, 3.8) is 0 Å². The molecule has 4 nitrogen and oxygen atoms in total. The molecule has 0 spiro atoms. The Morgan fingerprint density at radius 2 is 1.93 bits per heavy atom. The predicted octanol–water partition coefficient (Wildman–Crippen LogP) is 5.85. The second-order valence-electron chi connectivity index (χ2n) is 8.28. The molecule has 0 amide bonds. The quantitative estimate of drug-likeness (QED) is 0.680. The van der Waals surface area contributed by atoms with Gasteiger partial charge in [0.1, 0.15) is 11.9 Å². The lowest BCUT2D eigenvalue weighted by atomic mass is 9.79. The van der Waals surface area contributed by atoms with Crippen LogP contribution in [0.3, 0.4) is 0 Å². The number of aryl methyl sites for hydroxylation is 1. The van der Waals surface area contributed by atoms with Gasteiger partial charge in [-0.1, -0.05) is 45.4 Å². The first-order valence-corrected chi connectivity index (χ1v) is 10.2. The fourth-order valence-corrected chi connectivity index (χ4v) is 4.39. The van der Waals surface area contributed by atoms with Gasteiger partial charge in [0.2, 0.25) is 0 Å². The SMILES string of the molecule is Cc1cccc(C(C)c2nccn2C(=O)OC2CCCCC2C(C)C)c1C. The molecule has 27 heavy (non-hydrogen) atoms. The van der Waals surface area contributed by atoms with Gasteiger partial charge in [-0.2, -0.15) is 0 Å². The molecule has 3 unspecified atom stereocenters. The number of hydrogen-bond acceptors (Lipinski definition) is 3. The van der Waals surface area contributed by atoms with E-state index >= 15 is 0 Å². The second-order valence-corrected chi connectivity index (χ2v) is 8.28. The van der Waals surface area contributed by atoms with E-state index < -0.39 is 0 Å². The van der Waals surface area contributed by atoms with Gasteiger partial charge in [-0.25, -0.2) is 14.3 Å². The van der Waals surface area contributed by atoms with Crippen molar-refractivity contribution in [2.75, 3.05) is 0 Å². The molecule has 3 atom stereocenters. The molecule has 4 heteroatoms. The van der Waals surface area contributed by atoms with Crippen molar-refractivity contribution in [3.8, 4) is 0 Å². The molecular formula is C23H32N2O2. The Kier molecular flexibility index (Phi) is 6.03. The van der Waals surface area contributed by atoms with E-state index in [1.807, 2.05) is 0 Å². The van der Waals surface area contributed by atoms with Gasteiger partial charge in [0, 0.05) is 18.3 Å². The largest absolute Gasteiger partial charge is 0.445 e. The maximum atomic E-state index is 13.0. The van der Waals surface area contributed by atoms with E-state index in [0.29, 0.717) is 11.8 Å². The lowest BCUT2D eigenvalue weighted by Gasteiger charge is -2.33. The van der Waals surface area contributed by atoms with Crippen LogP contribution in [-0.4, -0.2) is 21.7 Å². The third-order valence-corrected chi connectivity index (χ3v) is 6.23. The molecule has 1 aliphatic carbocycles. The van der Waals surface area contributed by atoms with E-state index in [0.717, 1.165) is 25.1 Å². The maximum absolute atomic E-state index is 13.0. The molecule has 1 heterocycles. The van der Waals surface area contributed by atoms with E-state index in [4.69, 9.17) is 4.74 Å². The fraction of sp³-hybridized carbons (Fsp3) is 0.565. The summed E-state index contributed by atoms with van der Waals surface area (Å²) in [7, 11) is 0. The summed E-state index contributed by atoms with van der Waals surface area (Å²) in [6, 6.07) is 6.30. The zero-order valence-electron chi connectivity index (χ0n) is 17.2. The number of rotatable bonds is 4. The van der Waals surface area contributed by atoms with E-state index in [1.165, 1.54) is 23.1 Å². The van der Waals surface area contributed by atoms with Crippen LogP contribution in [0.25, 0.3) is 0 Å². The maximum Gasteiger partial charge on any atom is 0.419 e. The van der Waals surface area contributed by atoms with Crippen LogP contribution in [0, 0.1) is 25.7 Å². The van der Waals surface area contributed by atoms with Crippen LogP contribution in [-0.2, 0) is 4.74 Å². The van der Waals surface area contributed by atoms with Crippen molar-refractivity contribution in [2.24, 2.45) is 11.8 Å². The highest BCUT2D eigenvalue weighted by atomic mass is 16.6. The lowest BCUT2D eigenvalue weighted by molar-refractivity contribution is 0.0207. The van der Waals surface area contributed by atoms with Crippen molar-refractivity contribution in [3.05, 3.63) is 53.1 Å². The van der Waals surface area contributed by atoms with Gasteiger partial charge in [0.05, 0.1) is 0 Å². The molecule has 1 fully saturated rings. The van der Waals surface area contributed by atoms with Crippen LogP contribution in [0.4, 0.5) is 4.79 Å². The summed E-state index contributed by atoms with van der Waals surface area (Å²) in [4.78, 5) is 17.4. The van der Waals surface area contributed by atoms with E-state index in [1.54, 1.807) is 17.0 Å². The van der Waals surface area contributed by atoms with Crippen LogP contribution in [0.2, 0.25) is 0 Å². The number of nitrogens with zero attached hydrogens (tertiary/aromatic N) is 2. The van der Waals surface area contributed by atoms with Gasteiger partial charge in [-0.15, -0.1) is 0 Å². The molecule has 1 aromatic heterocycles. The third kappa shape index (κ3) is 4.10. The van der Waals surface area contributed by atoms with E-state index in [2.05, 4.69) is 57.8 Å². The standard InChI is InChI=1S/C23H32N2O2/c1-15(2)19-10-6-7-12-21(19)27-23(26)25-14-13-24-22(25)18(5)20-11-8-9-16(3)17(20)4/h8-9,11,13-15,18-19,21H,6-7,10,12H2,1-5H3. The van der Waals surface area contributed by atoms with Crippen molar-refractivity contribution < 1.29 is 9.53 Å². The molecule has 3 rings (SSSR count). The van der Waals surface area contributed by atoms with Gasteiger partial charge in [0.15, 0.2) is 0 Å². The second kappa shape index (κ2) is 8.28. The number of ether oxygens (including phenoxy) is 1. The highest BCUT2D eigenvalue weighted by Crippen LogP contribution is 2.33. The van der Waals surface area contributed by atoms with Crippen LogP contribution >= 0.6 is 0 Å². The van der Waals surface area contributed by atoms with Gasteiger partial charge in [0.25, 0.3) is 0 Å². The van der Waals surface area contributed by atoms with Crippen molar-refractivity contribution in [1.82, 2.24) is 9.55 Å². The smallest absolute Gasteiger partial charge is 0.419 e. The number of hydrogen-bond donors (Lipinski definition) is 0. The van der Waals surface area contributed by atoms with E-state index in [9.17, 15) is 4.79 Å². The summed E-state index contributed by atoms with van der Waals surface area (Å²) < 4.78 is 7.57. The number of carbonyl (C=O) groups excluding carboxylic acids is 1. The molecule has 1 saturated carbocycles. The van der Waals surface area contributed by atoms with E-state index in [-0.39, 0.29) is 18.1 Å². The highest BCUT2D eigenvalue weighted by molar-refractivity contribution is 5.71. The fourth-order valence-electron chi connectivity index (χ4n) is 4.39. The molecule has 0 bridgehead atoms. The first-order chi connectivity index (χ1) is 12.9. The molecule has 1 aliphatic rings. The topological polar surface area (TPSA) is 44.1 Å². The Morgan fingerprint density at radius 1 is 1.19 bits per heavy atom. The molecule has 0 saturated heterocycles. The third-order valence-electron chi connectivity index (χ3n) is 6.23. The lowest BCUT2D eigenvalue weighted by Crippen LogP contribution is -2.34. The van der Waals surface area contributed by atoms with Gasteiger partial charge >= 0.3 is 6.09 Å². The number of carbonyl (C=O) groups is 1. The average Bonchev–Trinajstić information content (AvgIpc) is 3.13. The highest BCUT2D eigenvalue weighted by Gasteiger charge is 2.31. The molecule has 2 aromatic rings. The van der Waals surface area contributed by atoms with Gasteiger partial charge in [-0.05, 0) is 61.6 Å². The summed E-state index contributed by atoms with van der Waals surface area (Å²) >= 11 is 0.